The summed E-state index contributed by atoms with van der Waals surface area (Å²) in [5, 5.41) is 5.53. The quantitative estimate of drug-likeness (QED) is 0.794. The molecule has 7 heteroatoms. The smallest absolute Gasteiger partial charge is 0.313 e. The number of aryl methyl sites for hydroxylation is 3. The summed E-state index contributed by atoms with van der Waals surface area (Å²) in [4.78, 5) is 35.1. The van der Waals surface area contributed by atoms with Gasteiger partial charge in [-0.05, 0) is 50.7 Å². The summed E-state index contributed by atoms with van der Waals surface area (Å²) in [5.74, 6) is 0.0310. The third kappa shape index (κ3) is 4.85. The Bertz CT molecular complexity index is 822. The van der Waals surface area contributed by atoms with Crippen LogP contribution in [-0.4, -0.2) is 41.4 Å². The van der Waals surface area contributed by atoms with Gasteiger partial charge >= 0.3 is 11.8 Å². The molecule has 2 amide bonds. The molecule has 1 aromatic heterocycles. The van der Waals surface area contributed by atoms with Crippen LogP contribution in [0.1, 0.15) is 29.5 Å². The first kappa shape index (κ1) is 19.8. The van der Waals surface area contributed by atoms with Crippen LogP contribution < -0.4 is 15.5 Å². The summed E-state index contributed by atoms with van der Waals surface area (Å²) in [7, 11) is 0. The molecule has 2 aromatic rings. The molecule has 1 fully saturated rings. The molecule has 0 radical (unpaired) electrons. The molecule has 0 atom stereocenters. The Hall–Kier alpha value is -2.96. The lowest BCUT2D eigenvalue weighted by molar-refractivity contribution is -0.136. The van der Waals surface area contributed by atoms with E-state index in [0.717, 1.165) is 48.4 Å². The Morgan fingerprint density at radius 3 is 2.36 bits per heavy atom. The summed E-state index contributed by atoms with van der Waals surface area (Å²) < 4.78 is 0. The number of anilines is 2. The van der Waals surface area contributed by atoms with Gasteiger partial charge < -0.3 is 15.5 Å². The molecule has 2 N–H and O–H groups in total. The molecule has 0 aliphatic carbocycles. The van der Waals surface area contributed by atoms with Gasteiger partial charge in [-0.15, -0.1) is 0 Å². The SMILES string of the molecule is Cc1cc(C)c(NC(=O)C(=O)NCC2CCN(c3cnccn3)CC2)c(C)c1. The average Bonchev–Trinajstić information content (AvgIpc) is 2.69. The van der Waals surface area contributed by atoms with E-state index in [1.165, 1.54) is 0 Å². The van der Waals surface area contributed by atoms with Crippen molar-refractivity contribution in [1.29, 1.82) is 0 Å². The van der Waals surface area contributed by atoms with Gasteiger partial charge in [0.25, 0.3) is 0 Å². The second-order valence-corrected chi connectivity index (χ2v) is 7.43. The van der Waals surface area contributed by atoms with Crippen LogP contribution in [0.4, 0.5) is 11.5 Å². The molecule has 7 nitrogen and oxygen atoms in total. The molecular formula is C21H27N5O2. The predicted molar refractivity (Wildman–Crippen MR) is 109 cm³/mol. The highest BCUT2D eigenvalue weighted by Crippen LogP contribution is 2.22. The summed E-state index contributed by atoms with van der Waals surface area (Å²) in [5.41, 5.74) is 3.75. The maximum absolute atomic E-state index is 12.3. The molecular weight excluding hydrogens is 354 g/mol. The zero-order valence-corrected chi connectivity index (χ0v) is 16.7. The van der Waals surface area contributed by atoms with Gasteiger partial charge in [0, 0.05) is 37.7 Å². The molecule has 0 bridgehead atoms. The Morgan fingerprint density at radius 2 is 1.75 bits per heavy atom. The summed E-state index contributed by atoms with van der Waals surface area (Å²) in [6.07, 6.45) is 7.00. The fourth-order valence-corrected chi connectivity index (χ4v) is 3.69. The molecule has 1 saturated heterocycles. The lowest BCUT2D eigenvalue weighted by Gasteiger charge is -2.32. The van der Waals surface area contributed by atoms with Crippen LogP contribution in [0.25, 0.3) is 0 Å². The highest BCUT2D eigenvalue weighted by Gasteiger charge is 2.22. The number of hydrogen-bond acceptors (Lipinski definition) is 5. The number of benzene rings is 1. The molecule has 0 unspecified atom stereocenters. The number of amides is 2. The van der Waals surface area contributed by atoms with Crippen LogP contribution in [0.2, 0.25) is 0 Å². The van der Waals surface area contributed by atoms with Crippen molar-refractivity contribution < 1.29 is 9.59 Å². The first-order valence-corrected chi connectivity index (χ1v) is 9.62. The summed E-state index contributed by atoms with van der Waals surface area (Å²) in [6, 6.07) is 3.98. The Kier molecular flexibility index (Phi) is 6.23. The van der Waals surface area contributed by atoms with E-state index in [0.29, 0.717) is 18.2 Å². The van der Waals surface area contributed by atoms with Crippen molar-refractivity contribution >= 4 is 23.3 Å². The number of nitrogens with one attached hydrogen (secondary N) is 2. The Labute approximate surface area is 165 Å². The van der Waals surface area contributed by atoms with Crippen LogP contribution in [0, 0.1) is 26.7 Å². The fourth-order valence-electron chi connectivity index (χ4n) is 3.69. The largest absolute Gasteiger partial charge is 0.355 e. The minimum atomic E-state index is -0.618. The number of nitrogens with zero attached hydrogens (tertiary/aromatic N) is 3. The van der Waals surface area contributed by atoms with Crippen molar-refractivity contribution in [2.75, 3.05) is 29.9 Å². The molecule has 1 aliphatic rings. The van der Waals surface area contributed by atoms with E-state index in [9.17, 15) is 9.59 Å². The van der Waals surface area contributed by atoms with E-state index >= 15 is 0 Å². The van der Waals surface area contributed by atoms with Gasteiger partial charge in [0.05, 0.1) is 6.20 Å². The molecule has 148 valence electrons. The maximum Gasteiger partial charge on any atom is 0.313 e. The molecule has 3 rings (SSSR count). The predicted octanol–water partition coefficient (Wildman–Crippen LogP) is 2.37. The number of carbonyl (C=O) groups is 2. The molecule has 1 aromatic carbocycles. The van der Waals surface area contributed by atoms with E-state index in [4.69, 9.17) is 0 Å². The van der Waals surface area contributed by atoms with Crippen LogP contribution >= 0.6 is 0 Å². The van der Waals surface area contributed by atoms with E-state index in [1.807, 2.05) is 32.9 Å². The topological polar surface area (TPSA) is 87.2 Å². The minimum Gasteiger partial charge on any atom is -0.355 e. The van der Waals surface area contributed by atoms with E-state index in [1.54, 1.807) is 18.6 Å². The number of rotatable bonds is 4. The van der Waals surface area contributed by atoms with Crippen molar-refractivity contribution in [3.05, 3.63) is 47.4 Å². The third-order valence-electron chi connectivity index (χ3n) is 5.16. The lowest BCUT2D eigenvalue weighted by Crippen LogP contribution is -2.42. The van der Waals surface area contributed by atoms with Crippen LogP contribution in [0.3, 0.4) is 0 Å². The minimum absolute atomic E-state index is 0.354. The highest BCUT2D eigenvalue weighted by atomic mass is 16.2. The zero-order chi connectivity index (χ0) is 20.1. The van der Waals surface area contributed by atoms with Crippen LogP contribution in [0.15, 0.2) is 30.7 Å². The molecule has 2 heterocycles. The van der Waals surface area contributed by atoms with Gasteiger partial charge in [0.15, 0.2) is 0 Å². The van der Waals surface area contributed by atoms with E-state index in [2.05, 4.69) is 25.5 Å². The van der Waals surface area contributed by atoms with E-state index in [-0.39, 0.29) is 0 Å². The van der Waals surface area contributed by atoms with Crippen molar-refractivity contribution in [1.82, 2.24) is 15.3 Å². The number of piperidine rings is 1. The van der Waals surface area contributed by atoms with Crippen LogP contribution in [0.5, 0.6) is 0 Å². The standard InChI is InChI=1S/C21H27N5O2/c1-14-10-15(2)19(16(3)11-14)25-21(28)20(27)24-12-17-4-8-26(9-5-17)18-13-22-6-7-23-18/h6-7,10-11,13,17H,4-5,8-9,12H2,1-3H3,(H,24,27)(H,25,28). The zero-order valence-electron chi connectivity index (χ0n) is 16.7. The number of carbonyl (C=O) groups excluding carboxylic acids is 2. The van der Waals surface area contributed by atoms with Crippen molar-refractivity contribution in [3.8, 4) is 0 Å². The van der Waals surface area contributed by atoms with Crippen LogP contribution in [-0.2, 0) is 9.59 Å². The number of hydrogen-bond donors (Lipinski definition) is 2. The van der Waals surface area contributed by atoms with Gasteiger partial charge in [-0.25, -0.2) is 4.98 Å². The maximum atomic E-state index is 12.3. The molecule has 1 aliphatic heterocycles. The molecule has 0 saturated carbocycles. The number of aromatic nitrogens is 2. The van der Waals surface area contributed by atoms with Gasteiger partial charge in [-0.2, -0.15) is 0 Å². The Morgan fingerprint density at radius 1 is 1.07 bits per heavy atom. The fraction of sp³-hybridized carbons (Fsp3) is 0.429. The van der Waals surface area contributed by atoms with Gasteiger partial charge in [-0.3, -0.25) is 14.6 Å². The normalized spacial score (nSPS) is 14.6. The second kappa shape index (κ2) is 8.82. The molecule has 0 spiro atoms. The molecule has 28 heavy (non-hydrogen) atoms. The summed E-state index contributed by atoms with van der Waals surface area (Å²) >= 11 is 0. The van der Waals surface area contributed by atoms with Gasteiger partial charge in [0.1, 0.15) is 5.82 Å². The van der Waals surface area contributed by atoms with Crippen molar-refractivity contribution in [2.24, 2.45) is 5.92 Å². The van der Waals surface area contributed by atoms with Gasteiger partial charge in [0.2, 0.25) is 0 Å². The van der Waals surface area contributed by atoms with Crippen molar-refractivity contribution in [2.45, 2.75) is 33.6 Å². The lowest BCUT2D eigenvalue weighted by atomic mass is 9.97. The summed E-state index contributed by atoms with van der Waals surface area (Å²) in [6.45, 7) is 8.11. The van der Waals surface area contributed by atoms with Crippen molar-refractivity contribution in [3.63, 3.8) is 0 Å². The average molecular weight is 381 g/mol. The van der Waals surface area contributed by atoms with E-state index < -0.39 is 11.8 Å². The first-order chi connectivity index (χ1) is 13.4. The first-order valence-electron chi connectivity index (χ1n) is 9.62. The monoisotopic (exact) mass is 381 g/mol. The third-order valence-corrected chi connectivity index (χ3v) is 5.16. The highest BCUT2D eigenvalue weighted by molar-refractivity contribution is 6.39. The Balaban J connectivity index is 1.46. The van der Waals surface area contributed by atoms with Gasteiger partial charge in [-0.1, -0.05) is 17.7 Å². The second-order valence-electron chi connectivity index (χ2n) is 7.43.